The van der Waals surface area contributed by atoms with Crippen LogP contribution in [0.25, 0.3) is 0 Å². The number of hydrogen-bond donors (Lipinski definition) is 2. The van der Waals surface area contributed by atoms with Crippen molar-refractivity contribution in [2.45, 2.75) is 39.8 Å². The Labute approximate surface area is 154 Å². The molecule has 0 radical (unpaired) electrons. The number of rotatable bonds is 5. The molecular weight excluding hydrogens is 361 g/mol. The number of alkyl halides is 3. The highest BCUT2D eigenvalue weighted by molar-refractivity contribution is 5.93. The average molecular weight is 382 g/mol. The number of aryl methyl sites for hydroxylation is 2. The zero-order valence-corrected chi connectivity index (χ0v) is 15.5. The zero-order valence-electron chi connectivity index (χ0n) is 15.5. The van der Waals surface area contributed by atoms with Crippen LogP contribution in [0.1, 0.15) is 35.9 Å². The molecule has 0 aliphatic heterocycles. The molecule has 1 aromatic heterocycles. The van der Waals surface area contributed by atoms with Crippen LogP contribution in [0.15, 0.2) is 18.2 Å². The minimum Gasteiger partial charge on any atom is -0.326 e. The molecule has 0 spiro atoms. The van der Waals surface area contributed by atoms with Gasteiger partial charge in [-0.25, -0.2) is 0 Å². The Balaban J connectivity index is 2.15. The van der Waals surface area contributed by atoms with Gasteiger partial charge in [-0.1, -0.05) is 0 Å². The SMILES string of the molecule is CC(=O)Nc1ccc(NC(=O)CCc2c(C)nn(C)c2C)c(C(F)(F)F)c1. The van der Waals surface area contributed by atoms with Gasteiger partial charge in [0.15, 0.2) is 0 Å². The minimum atomic E-state index is -4.67. The second kappa shape index (κ2) is 7.81. The van der Waals surface area contributed by atoms with E-state index in [2.05, 4.69) is 15.7 Å². The van der Waals surface area contributed by atoms with Gasteiger partial charge in [0.05, 0.1) is 16.9 Å². The number of amides is 2. The third-order valence-electron chi connectivity index (χ3n) is 4.18. The molecule has 2 N–H and O–H groups in total. The molecule has 27 heavy (non-hydrogen) atoms. The maximum absolute atomic E-state index is 13.3. The van der Waals surface area contributed by atoms with Crippen LogP contribution in [0.4, 0.5) is 24.5 Å². The molecule has 2 aromatic rings. The summed E-state index contributed by atoms with van der Waals surface area (Å²) >= 11 is 0. The molecule has 0 atom stereocenters. The Kier molecular flexibility index (Phi) is 5.92. The van der Waals surface area contributed by atoms with E-state index in [0.717, 1.165) is 29.1 Å². The van der Waals surface area contributed by atoms with Crippen molar-refractivity contribution in [1.82, 2.24) is 9.78 Å². The summed E-state index contributed by atoms with van der Waals surface area (Å²) in [7, 11) is 1.79. The first kappa shape index (κ1) is 20.5. The Morgan fingerprint density at radius 2 is 1.85 bits per heavy atom. The van der Waals surface area contributed by atoms with Gasteiger partial charge in [0.1, 0.15) is 0 Å². The van der Waals surface area contributed by atoms with E-state index in [4.69, 9.17) is 0 Å². The summed E-state index contributed by atoms with van der Waals surface area (Å²) in [6, 6.07) is 3.24. The Bertz CT molecular complexity index is 872. The number of nitrogens with one attached hydrogen (secondary N) is 2. The quantitative estimate of drug-likeness (QED) is 0.830. The minimum absolute atomic E-state index is 0.00873. The second-order valence-electron chi connectivity index (χ2n) is 6.26. The zero-order chi connectivity index (χ0) is 20.4. The molecule has 1 aromatic carbocycles. The number of aromatic nitrogens is 2. The van der Waals surface area contributed by atoms with Gasteiger partial charge in [-0.15, -0.1) is 0 Å². The number of carbonyl (C=O) groups excluding carboxylic acids is 2. The van der Waals surface area contributed by atoms with Crippen LogP contribution in [-0.2, 0) is 29.2 Å². The highest BCUT2D eigenvalue weighted by Gasteiger charge is 2.34. The van der Waals surface area contributed by atoms with Gasteiger partial charge >= 0.3 is 6.18 Å². The van der Waals surface area contributed by atoms with Crippen molar-refractivity contribution in [3.63, 3.8) is 0 Å². The molecular formula is C18H21F3N4O2. The van der Waals surface area contributed by atoms with Crippen LogP contribution in [0.5, 0.6) is 0 Å². The molecule has 2 rings (SSSR count). The number of hydrogen-bond acceptors (Lipinski definition) is 3. The van der Waals surface area contributed by atoms with Crippen LogP contribution >= 0.6 is 0 Å². The number of halogens is 3. The second-order valence-corrected chi connectivity index (χ2v) is 6.26. The first-order chi connectivity index (χ1) is 12.5. The van der Waals surface area contributed by atoms with E-state index in [-0.39, 0.29) is 17.8 Å². The number of nitrogens with zero attached hydrogens (tertiary/aromatic N) is 2. The van der Waals surface area contributed by atoms with Crippen LogP contribution in [0.2, 0.25) is 0 Å². The first-order valence-corrected chi connectivity index (χ1v) is 8.26. The lowest BCUT2D eigenvalue weighted by Gasteiger charge is -2.15. The average Bonchev–Trinajstić information content (AvgIpc) is 2.78. The molecule has 146 valence electrons. The van der Waals surface area contributed by atoms with Gasteiger partial charge in [0, 0.05) is 31.8 Å². The molecule has 0 unspecified atom stereocenters. The summed E-state index contributed by atoms with van der Waals surface area (Å²) in [4.78, 5) is 23.2. The van der Waals surface area contributed by atoms with Crippen LogP contribution in [0, 0.1) is 13.8 Å². The third kappa shape index (κ3) is 5.08. The van der Waals surface area contributed by atoms with Crippen LogP contribution < -0.4 is 10.6 Å². The molecule has 0 saturated carbocycles. The molecule has 2 amide bonds. The lowest BCUT2D eigenvalue weighted by atomic mass is 10.1. The van der Waals surface area contributed by atoms with Crippen molar-refractivity contribution >= 4 is 23.2 Å². The normalized spacial score (nSPS) is 11.4. The fraction of sp³-hybridized carbons (Fsp3) is 0.389. The third-order valence-corrected chi connectivity index (χ3v) is 4.18. The number of carbonyl (C=O) groups is 2. The van der Waals surface area contributed by atoms with Crippen molar-refractivity contribution < 1.29 is 22.8 Å². The van der Waals surface area contributed by atoms with Crippen molar-refractivity contribution in [2.75, 3.05) is 10.6 Å². The van der Waals surface area contributed by atoms with Gasteiger partial charge in [-0.3, -0.25) is 14.3 Å². The molecule has 9 heteroatoms. The topological polar surface area (TPSA) is 76.0 Å². The van der Waals surface area contributed by atoms with Gasteiger partial charge in [-0.05, 0) is 44.0 Å². The van der Waals surface area contributed by atoms with Crippen molar-refractivity contribution in [1.29, 1.82) is 0 Å². The molecule has 0 bridgehead atoms. The molecule has 6 nitrogen and oxygen atoms in total. The molecule has 0 saturated heterocycles. The lowest BCUT2D eigenvalue weighted by molar-refractivity contribution is -0.137. The summed E-state index contributed by atoms with van der Waals surface area (Å²) in [6.45, 7) is 4.89. The van der Waals surface area contributed by atoms with E-state index < -0.39 is 23.6 Å². The Hall–Kier alpha value is -2.84. The van der Waals surface area contributed by atoms with Crippen molar-refractivity contribution in [3.8, 4) is 0 Å². The van der Waals surface area contributed by atoms with E-state index in [1.54, 1.807) is 11.7 Å². The van der Waals surface area contributed by atoms with Crippen LogP contribution in [0.3, 0.4) is 0 Å². The standard InChI is InChI=1S/C18H21F3N4O2/c1-10-14(11(2)25(4)24-10)6-8-17(27)23-16-7-5-13(22-12(3)26)9-15(16)18(19,20)21/h5,7,9H,6,8H2,1-4H3,(H,22,26)(H,23,27). The predicted molar refractivity (Wildman–Crippen MR) is 95.4 cm³/mol. The predicted octanol–water partition coefficient (Wildman–Crippen LogP) is 3.59. The van der Waals surface area contributed by atoms with Crippen LogP contribution in [-0.4, -0.2) is 21.6 Å². The maximum atomic E-state index is 13.3. The molecule has 0 fully saturated rings. The highest BCUT2D eigenvalue weighted by Crippen LogP contribution is 2.36. The van der Waals surface area contributed by atoms with Crippen molar-refractivity contribution in [3.05, 3.63) is 40.7 Å². The lowest BCUT2D eigenvalue weighted by Crippen LogP contribution is -2.18. The highest BCUT2D eigenvalue weighted by atomic mass is 19.4. The summed E-state index contributed by atoms with van der Waals surface area (Å²) in [5.41, 5.74) is 1.26. The monoisotopic (exact) mass is 382 g/mol. The number of anilines is 2. The number of benzene rings is 1. The molecule has 1 heterocycles. The Morgan fingerprint density at radius 3 is 2.37 bits per heavy atom. The smallest absolute Gasteiger partial charge is 0.326 e. The summed E-state index contributed by atoms with van der Waals surface area (Å²) < 4.78 is 41.6. The van der Waals surface area contributed by atoms with E-state index in [1.807, 2.05) is 13.8 Å². The molecule has 0 aliphatic carbocycles. The Morgan fingerprint density at radius 1 is 1.19 bits per heavy atom. The van der Waals surface area contributed by atoms with E-state index in [0.29, 0.717) is 6.42 Å². The summed E-state index contributed by atoms with van der Waals surface area (Å²) in [6.07, 6.45) is -4.27. The van der Waals surface area contributed by atoms with E-state index in [9.17, 15) is 22.8 Å². The van der Waals surface area contributed by atoms with Gasteiger partial charge in [0.25, 0.3) is 0 Å². The summed E-state index contributed by atoms with van der Waals surface area (Å²) in [5.74, 6) is -1.02. The summed E-state index contributed by atoms with van der Waals surface area (Å²) in [5, 5.41) is 8.87. The fourth-order valence-corrected chi connectivity index (χ4v) is 2.80. The molecule has 0 aliphatic rings. The largest absolute Gasteiger partial charge is 0.418 e. The van der Waals surface area contributed by atoms with Gasteiger partial charge in [0.2, 0.25) is 11.8 Å². The van der Waals surface area contributed by atoms with Crippen molar-refractivity contribution in [2.24, 2.45) is 7.05 Å². The fourth-order valence-electron chi connectivity index (χ4n) is 2.80. The van der Waals surface area contributed by atoms with Gasteiger partial charge < -0.3 is 10.6 Å². The van der Waals surface area contributed by atoms with E-state index >= 15 is 0 Å². The first-order valence-electron chi connectivity index (χ1n) is 8.26. The van der Waals surface area contributed by atoms with Gasteiger partial charge in [-0.2, -0.15) is 18.3 Å². The maximum Gasteiger partial charge on any atom is 0.418 e. The van der Waals surface area contributed by atoms with E-state index in [1.165, 1.54) is 13.0 Å².